The number of thiophene rings is 1. The molecular weight excluding hydrogens is 376 g/mol. The highest BCUT2D eigenvalue weighted by Crippen LogP contribution is 2.37. The Labute approximate surface area is 167 Å². The third-order valence-corrected chi connectivity index (χ3v) is 5.97. The fraction of sp³-hybridized carbons (Fsp3) is 0.381. The summed E-state index contributed by atoms with van der Waals surface area (Å²) in [5.41, 5.74) is 1.81. The van der Waals surface area contributed by atoms with Crippen molar-refractivity contribution in [1.29, 1.82) is 0 Å². The average molecular weight is 401 g/mol. The first-order chi connectivity index (χ1) is 13.5. The molecule has 0 N–H and O–H groups in total. The van der Waals surface area contributed by atoms with Crippen molar-refractivity contribution in [2.24, 2.45) is 0 Å². The van der Waals surface area contributed by atoms with Crippen LogP contribution in [0.15, 0.2) is 29.1 Å². The summed E-state index contributed by atoms with van der Waals surface area (Å²) in [6.07, 6.45) is 1.61. The third kappa shape index (κ3) is 3.80. The van der Waals surface area contributed by atoms with E-state index in [0.29, 0.717) is 24.2 Å². The van der Waals surface area contributed by atoms with Crippen molar-refractivity contribution in [3.63, 3.8) is 0 Å². The molecule has 0 aliphatic rings. The number of esters is 1. The highest BCUT2D eigenvalue weighted by Gasteiger charge is 2.20. The number of ether oxygens (including phenoxy) is 2. The van der Waals surface area contributed by atoms with Gasteiger partial charge in [-0.05, 0) is 37.5 Å². The molecule has 0 aliphatic heterocycles. The van der Waals surface area contributed by atoms with Crippen LogP contribution in [-0.4, -0.2) is 29.7 Å². The molecule has 0 spiro atoms. The predicted molar refractivity (Wildman–Crippen MR) is 111 cm³/mol. The third-order valence-electron chi connectivity index (χ3n) is 4.75. The number of hydrogen-bond acceptors (Lipinski definition) is 6. The molecule has 3 aromatic rings. The van der Waals surface area contributed by atoms with Crippen LogP contribution in [0, 0.1) is 6.92 Å². The van der Waals surface area contributed by atoms with Crippen molar-refractivity contribution in [3.8, 4) is 16.9 Å². The van der Waals surface area contributed by atoms with Crippen LogP contribution in [0.2, 0.25) is 0 Å². The van der Waals surface area contributed by atoms with Gasteiger partial charge in [-0.1, -0.05) is 19.1 Å². The average Bonchev–Trinajstić information content (AvgIpc) is 3.08. The second-order valence-electron chi connectivity index (χ2n) is 6.46. The molecule has 0 bridgehead atoms. The molecule has 0 unspecified atom stereocenters. The van der Waals surface area contributed by atoms with Gasteiger partial charge in [0.1, 0.15) is 16.4 Å². The van der Waals surface area contributed by atoms with Crippen molar-refractivity contribution < 1.29 is 14.3 Å². The molecule has 2 heterocycles. The molecule has 2 aromatic heterocycles. The highest BCUT2D eigenvalue weighted by molar-refractivity contribution is 7.19. The zero-order valence-electron chi connectivity index (χ0n) is 16.6. The fourth-order valence-corrected chi connectivity index (χ4v) is 4.48. The van der Waals surface area contributed by atoms with Crippen LogP contribution >= 0.6 is 11.3 Å². The SMILES string of the molecule is CCc1sc2nc(C)n(CCCC(=O)OC)c(=O)c2c1-c1cccc(OC)c1. The maximum absolute atomic E-state index is 13.4. The van der Waals surface area contributed by atoms with Gasteiger partial charge in [0.05, 0.1) is 19.6 Å². The summed E-state index contributed by atoms with van der Waals surface area (Å²) in [5, 5.41) is 0.638. The number of methoxy groups -OCH3 is 2. The number of fused-ring (bicyclic) bond motifs is 1. The maximum atomic E-state index is 13.4. The topological polar surface area (TPSA) is 70.4 Å². The molecule has 7 heteroatoms. The van der Waals surface area contributed by atoms with Crippen molar-refractivity contribution in [1.82, 2.24) is 9.55 Å². The Bertz CT molecular complexity index is 1070. The fourth-order valence-electron chi connectivity index (χ4n) is 3.31. The van der Waals surface area contributed by atoms with Gasteiger partial charge < -0.3 is 9.47 Å². The number of hydrogen-bond donors (Lipinski definition) is 0. The number of carbonyl (C=O) groups is 1. The van der Waals surface area contributed by atoms with Gasteiger partial charge in [-0.2, -0.15) is 0 Å². The standard InChI is InChI=1S/C21H24N2O4S/c1-5-16-18(14-8-6-9-15(12-14)26-3)19-20(28-16)22-13(2)23(21(19)25)11-7-10-17(24)27-4/h6,8-9,12H,5,7,10-11H2,1-4H3. The molecule has 0 aliphatic carbocycles. The van der Waals surface area contributed by atoms with Crippen molar-refractivity contribution in [3.05, 3.63) is 45.3 Å². The summed E-state index contributed by atoms with van der Waals surface area (Å²) in [7, 11) is 3.00. The number of rotatable bonds is 7. The molecular formula is C21H24N2O4S. The number of nitrogens with zero attached hydrogens (tertiary/aromatic N) is 2. The van der Waals surface area contributed by atoms with Crippen LogP contribution in [0.4, 0.5) is 0 Å². The second kappa shape index (κ2) is 8.56. The minimum atomic E-state index is -0.277. The molecule has 0 radical (unpaired) electrons. The molecule has 148 valence electrons. The molecule has 0 amide bonds. The molecule has 28 heavy (non-hydrogen) atoms. The maximum Gasteiger partial charge on any atom is 0.305 e. The number of aryl methyl sites for hydroxylation is 2. The first kappa shape index (κ1) is 20.1. The Kier molecular flexibility index (Phi) is 6.14. The van der Waals surface area contributed by atoms with E-state index in [4.69, 9.17) is 4.74 Å². The molecule has 1 aromatic carbocycles. The zero-order chi connectivity index (χ0) is 20.3. The van der Waals surface area contributed by atoms with E-state index < -0.39 is 0 Å². The van der Waals surface area contributed by atoms with Crippen LogP contribution in [-0.2, 0) is 22.5 Å². The molecule has 0 saturated heterocycles. The van der Waals surface area contributed by atoms with Gasteiger partial charge in [-0.15, -0.1) is 11.3 Å². The monoisotopic (exact) mass is 400 g/mol. The summed E-state index contributed by atoms with van der Waals surface area (Å²) < 4.78 is 11.7. The van der Waals surface area contributed by atoms with Gasteiger partial charge in [-0.25, -0.2) is 4.98 Å². The minimum Gasteiger partial charge on any atom is -0.497 e. The summed E-state index contributed by atoms with van der Waals surface area (Å²) >= 11 is 1.56. The van der Waals surface area contributed by atoms with Crippen LogP contribution in [0.25, 0.3) is 21.3 Å². The van der Waals surface area contributed by atoms with E-state index in [-0.39, 0.29) is 17.9 Å². The highest BCUT2D eigenvalue weighted by atomic mass is 32.1. The lowest BCUT2D eigenvalue weighted by Crippen LogP contribution is -2.24. The molecule has 0 fully saturated rings. The molecule has 0 atom stereocenters. The summed E-state index contributed by atoms with van der Waals surface area (Å²) in [5.74, 6) is 1.13. The number of carbonyl (C=O) groups excluding carboxylic acids is 1. The summed E-state index contributed by atoms with van der Waals surface area (Å²) in [6, 6.07) is 7.75. The van der Waals surface area contributed by atoms with E-state index in [0.717, 1.165) is 33.0 Å². The largest absolute Gasteiger partial charge is 0.497 e. The van der Waals surface area contributed by atoms with E-state index in [1.165, 1.54) is 7.11 Å². The van der Waals surface area contributed by atoms with E-state index >= 15 is 0 Å². The normalized spacial score (nSPS) is 11.0. The molecule has 6 nitrogen and oxygen atoms in total. The first-order valence-corrected chi connectivity index (χ1v) is 10.1. The van der Waals surface area contributed by atoms with E-state index in [1.807, 2.05) is 31.2 Å². The van der Waals surface area contributed by atoms with Gasteiger partial charge in [0.15, 0.2) is 0 Å². The van der Waals surface area contributed by atoms with Gasteiger partial charge in [-0.3, -0.25) is 14.2 Å². The second-order valence-corrected chi connectivity index (χ2v) is 7.55. The summed E-state index contributed by atoms with van der Waals surface area (Å²) in [6.45, 7) is 4.34. The van der Waals surface area contributed by atoms with Gasteiger partial charge in [0.25, 0.3) is 5.56 Å². The Morgan fingerprint density at radius 2 is 2.07 bits per heavy atom. The van der Waals surface area contributed by atoms with Crippen LogP contribution in [0.5, 0.6) is 5.75 Å². The lowest BCUT2D eigenvalue weighted by Gasteiger charge is -2.10. The van der Waals surface area contributed by atoms with Gasteiger partial charge in [0.2, 0.25) is 0 Å². The predicted octanol–water partition coefficient (Wildman–Crippen LogP) is 3.96. The lowest BCUT2D eigenvalue weighted by molar-refractivity contribution is -0.140. The Hall–Kier alpha value is -2.67. The van der Waals surface area contributed by atoms with Crippen LogP contribution < -0.4 is 10.3 Å². The van der Waals surface area contributed by atoms with E-state index in [1.54, 1.807) is 23.0 Å². The summed E-state index contributed by atoms with van der Waals surface area (Å²) in [4.78, 5) is 31.3. The van der Waals surface area contributed by atoms with Crippen LogP contribution in [0.3, 0.4) is 0 Å². The smallest absolute Gasteiger partial charge is 0.305 e. The Morgan fingerprint density at radius 3 is 2.75 bits per heavy atom. The lowest BCUT2D eigenvalue weighted by atomic mass is 10.0. The van der Waals surface area contributed by atoms with Crippen LogP contribution in [0.1, 0.15) is 30.5 Å². The van der Waals surface area contributed by atoms with Crippen molar-refractivity contribution in [2.45, 2.75) is 39.7 Å². The van der Waals surface area contributed by atoms with Gasteiger partial charge in [0, 0.05) is 23.4 Å². The Morgan fingerprint density at radius 1 is 1.29 bits per heavy atom. The van der Waals surface area contributed by atoms with Crippen molar-refractivity contribution >= 4 is 27.5 Å². The minimum absolute atomic E-state index is 0.0684. The number of benzene rings is 1. The molecule has 3 rings (SSSR count). The zero-order valence-corrected chi connectivity index (χ0v) is 17.4. The van der Waals surface area contributed by atoms with E-state index in [9.17, 15) is 9.59 Å². The van der Waals surface area contributed by atoms with Crippen molar-refractivity contribution in [2.75, 3.05) is 14.2 Å². The van der Waals surface area contributed by atoms with Gasteiger partial charge >= 0.3 is 5.97 Å². The number of aromatic nitrogens is 2. The first-order valence-electron chi connectivity index (χ1n) is 9.24. The quantitative estimate of drug-likeness (QED) is 0.562. The molecule has 0 saturated carbocycles. The Balaban J connectivity index is 2.14. The van der Waals surface area contributed by atoms with E-state index in [2.05, 4.69) is 16.6 Å².